The molecule has 2 heterocycles. The summed E-state index contributed by atoms with van der Waals surface area (Å²) in [7, 11) is 0. The molecule has 17 heavy (non-hydrogen) atoms. The van der Waals surface area contributed by atoms with Gasteiger partial charge in [0, 0.05) is 17.0 Å². The minimum absolute atomic E-state index is 0.132. The van der Waals surface area contributed by atoms with Gasteiger partial charge in [-0.3, -0.25) is 0 Å². The van der Waals surface area contributed by atoms with Crippen LogP contribution in [0, 0.1) is 0 Å². The molecular formula is C14H23NOS. The van der Waals surface area contributed by atoms with Crippen molar-refractivity contribution in [2.45, 2.75) is 58.8 Å². The Morgan fingerprint density at radius 2 is 1.94 bits per heavy atom. The predicted molar refractivity (Wildman–Crippen MR) is 73.5 cm³/mol. The molecule has 1 aromatic heterocycles. The van der Waals surface area contributed by atoms with Gasteiger partial charge in [0.05, 0.1) is 11.2 Å². The third-order valence-electron chi connectivity index (χ3n) is 3.27. The first-order valence-corrected chi connectivity index (χ1v) is 7.28. The van der Waals surface area contributed by atoms with Gasteiger partial charge in [0.15, 0.2) is 0 Å². The van der Waals surface area contributed by atoms with Gasteiger partial charge >= 0.3 is 0 Å². The molecule has 1 aliphatic heterocycles. The number of fused-ring (bicyclic) bond motifs is 1. The Balaban J connectivity index is 2.28. The molecule has 0 aliphatic carbocycles. The quantitative estimate of drug-likeness (QED) is 0.825. The smallest absolute Gasteiger partial charge is 0.0982 e. The largest absolute Gasteiger partial charge is 0.359 e. The molecule has 1 aromatic rings. The summed E-state index contributed by atoms with van der Waals surface area (Å²) in [6.45, 7) is 12.9. The lowest BCUT2D eigenvalue weighted by atomic mass is 9.94. The van der Waals surface area contributed by atoms with Gasteiger partial charge in [-0.25, -0.2) is 0 Å². The first kappa shape index (κ1) is 13.1. The summed E-state index contributed by atoms with van der Waals surface area (Å²) < 4.78 is 6.18. The summed E-state index contributed by atoms with van der Waals surface area (Å²) in [6.07, 6.45) is 1.18. The molecule has 1 aliphatic rings. The summed E-state index contributed by atoms with van der Waals surface area (Å²) in [5.74, 6) is 0. The molecule has 0 atom stereocenters. The highest BCUT2D eigenvalue weighted by atomic mass is 32.1. The SMILES string of the molecule is CCCNCc1csc2c1C(C)(C)OC2(C)C. The molecule has 0 amide bonds. The monoisotopic (exact) mass is 253 g/mol. The molecule has 96 valence electrons. The van der Waals surface area contributed by atoms with E-state index < -0.39 is 0 Å². The molecule has 0 aromatic carbocycles. The highest BCUT2D eigenvalue weighted by Gasteiger charge is 2.45. The fraction of sp³-hybridized carbons (Fsp3) is 0.714. The van der Waals surface area contributed by atoms with Crippen LogP contribution in [0.5, 0.6) is 0 Å². The van der Waals surface area contributed by atoms with E-state index in [1.54, 1.807) is 0 Å². The Kier molecular flexibility index (Phi) is 3.36. The van der Waals surface area contributed by atoms with E-state index in [0.29, 0.717) is 0 Å². The summed E-state index contributed by atoms with van der Waals surface area (Å²) in [5, 5.41) is 5.77. The van der Waals surface area contributed by atoms with Crippen LogP contribution in [0.1, 0.15) is 57.0 Å². The third-order valence-corrected chi connectivity index (χ3v) is 4.60. The Labute approximate surface area is 108 Å². The lowest BCUT2D eigenvalue weighted by molar-refractivity contribution is -0.104. The summed E-state index contributed by atoms with van der Waals surface area (Å²) in [5.41, 5.74) is 2.54. The van der Waals surface area contributed by atoms with Crippen molar-refractivity contribution >= 4 is 11.3 Å². The van der Waals surface area contributed by atoms with Crippen molar-refractivity contribution in [1.29, 1.82) is 0 Å². The Bertz CT molecular complexity index is 406. The Morgan fingerprint density at radius 3 is 2.59 bits per heavy atom. The molecule has 2 rings (SSSR count). The maximum absolute atomic E-state index is 6.18. The first-order valence-electron chi connectivity index (χ1n) is 6.40. The third kappa shape index (κ3) is 2.28. The standard InChI is InChI=1S/C14H23NOS/c1-6-7-15-8-10-9-17-12-11(10)13(2,3)16-14(12,4)5/h9,15H,6-8H2,1-5H3. The number of ether oxygens (including phenoxy) is 1. The highest BCUT2D eigenvalue weighted by Crippen LogP contribution is 2.50. The van der Waals surface area contributed by atoms with Gasteiger partial charge in [0.1, 0.15) is 0 Å². The first-order chi connectivity index (χ1) is 7.88. The zero-order chi connectivity index (χ0) is 12.7. The molecule has 0 radical (unpaired) electrons. The number of hydrogen-bond donors (Lipinski definition) is 1. The molecule has 2 nitrogen and oxygen atoms in total. The fourth-order valence-electron chi connectivity index (χ4n) is 2.76. The normalized spacial score (nSPS) is 20.5. The van der Waals surface area contributed by atoms with E-state index >= 15 is 0 Å². The van der Waals surface area contributed by atoms with Crippen LogP contribution in [-0.4, -0.2) is 6.54 Å². The van der Waals surface area contributed by atoms with Crippen molar-refractivity contribution in [2.75, 3.05) is 6.54 Å². The van der Waals surface area contributed by atoms with Crippen LogP contribution in [0.2, 0.25) is 0 Å². The summed E-state index contributed by atoms with van der Waals surface area (Å²) in [4.78, 5) is 1.40. The predicted octanol–water partition coefficient (Wildman–Crippen LogP) is 3.75. The number of hydrogen-bond acceptors (Lipinski definition) is 3. The number of nitrogens with one attached hydrogen (secondary N) is 1. The molecule has 0 spiro atoms. The maximum atomic E-state index is 6.18. The van der Waals surface area contributed by atoms with Crippen molar-refractivity contribution in [2.24, 2.45) is 0 Å². The van der Waals surface area contributed by atoms with E-state index in [9.17, 15) is 0 Å². The van der Waals surface area contributed by atoms with E-state index in [2.05, 4.69) is 45.3 Å². The average molecular weight is 253 g/mol. The van der Waals surface area contributed by atoms with E-state index in [1.807, 2.05) is 11.3 Å². The zero-order valence-electron chi connectivity index (χ0n) is 11.5. The van der Waals surface area contributed by atoms with Crippen molar-refractivity contribution in [3.63, 3.8) is 0 Å². The van der Waals surface area contributed by atoms with Gasteiger partial charge in [-0.15, -0.1) is 11.3 Å². The zero-order valence-corrected chi connectivity index (χ0v) is 12.3. The lowest BCUT2D eigenvalue weighted by Gasteiger charge is -2.25. The minimum atomic E-state index is -0.151. The Hall–Kier alpha value is -0.380. The van der Waals surface area contributed by atoms with Crippen LogP contribution >= 0.6 is 11.3 Å². The van der Waals surface area contributed by atoms with E-state index in [0.717, 1.165) is 13.1 Å². The molecule has 3 heteroatoms. The van der Waals surface area contributed by atoms with E-state index in [-0.39, 0.29) is 11.2 Å². The van der Waals surface area contributed by atoms with Crippen molar-refractivity contribution in [3.8, 4) is 0 Å². The molecular weight excluding hydrogens is 230 g/mol. The van der Waals surface area contributed by atoms with Crippen LogP contribution in [0.4, 0.5) is 0 Å². The van der Waals surface area contributed by atoms with Crippen molar-refractivity contribution < 1.29 is 4.74 Å². The molecule has 0 bridgehead atoms. The van der Waals surface area contributed by atoms with Gasteiger partial charge in [-0.05, 0) is 51.6 Å². The van der Waals surface area contributed by atoms with Crippen molar-refractivity contribution in [3.05, 3.63) is 21.4 Å². The van der Waals surface area contributed by atoms with Gasteiger partial charge in [-0.2, -0.15) is 0 Å². The second-order valence-corrected chi connectivity index (χ2v) is 6.64. The summed E-state index contributed by atoms with van der Waals surface area (Å²) in [6, 6.07) is 0. The van der Waals surface area contributed by atoms with Crippen LogP contribution < -0.4 is 5.32 Å². The number of rotatable bonds is 4. The lowest BCUT2D eigenvalue weighted by Crippen LogP contribution is -2.24. The number of thiophene rings is 1. The van der Waals surface area contributed by atoms with Crippen LogP contribution in [0.15, 0.2) is 5.38 Å². The molecule has 0 unspecified atom stereocenters. The average Bonchev–Trinajstić information content (AvgIpc) is 2.68. The highest BCUT2D eigenvalue weighted by molar-refractivity contribution is 7.10. The van der Waals surface area contributed by atoms with E-state index in [4.69, 9.17) is 4.74 Å². The maximum Gasteiger partial charge on any atom is 0.0982 e. The topological polar surface area (TPSA) is 21.3 Å². The van der Waals surface area contributed by atoms with Crippen molar-refractivity contribution in [1.82, 2.24) is 5.32 Å². The molecule has 0 fully saturated rings. The van der Waals surface area contributed by atoms with Crippen LogP contribution in [-0.2, 0) is 22.5 Å². The van der Waals surface area contributed by atoms with Gasteiger partial charge in [-0.1, -0.05) is 6.92 Å². The van der Waals surface area contributed by atoms with Gasteiger partial charge in [0.2, 0.25) is 0 Å². The minimum Gasteiger partial charge on any atom is -0.359 e. The molecule has 0 saturated carbocycles. The van der Waals surface area contributed by atoms with Gasteiger partial charge < -0.3 is 10.1 Å². The fourth-order valence-corrected chi connectivity index (χ4v) is 4.04. The molecule has 0 saturated heterocycles. The second-order valence-electron chi connectivity index (χ2n) is 5.76. The van der Waals surface area contributed by atoms with Gasteiger partial charge in [0.25, 0.3) is 0 Å². The second kappa shape index (κ2) is 4.38. The van der Waals surface area contributed by atoms with E-state index in [1.165, 1.54) is 22.4 Å². The van der Waals surface area contributed by atoms with Crippen LogP contribution in [0.3, 0.4) is 0 Å². The molecule has 1 N–H and O–H groups in total. The van der Waals surface area contributed by atoms with Crippen LogP contribution in [0.25, 0.3) is 0 Å². The summed E-state index contributed by atoms with van der Waals surface area (Å²) >= 11 is 1.84. The Morgan fingerprint density at radius 1 is 1.24 bits per heavy atom.